The van der Waals surface area contributed by atoms with Gasteiger partial charge in [-0.05, 0) is 57.1 Å². The quantitative estimate of drug-likeness (QED) is 0.520. The van der Waals surface area contributed by atoms with E-state index in [0.717, 1.165) is 56.4 Å². The van der Waals surface area contributed by atoms with Crippen LogP contribution in [-0.4, -0.2) is 34.7 Å². The molecule has 4 rings (SSSR count). The molecular formula is C23H26N4O5. The molecule has 9 nitrogen and oxygen atoms in total. The Balaban J connectivity index is 1.55. The van der Waals surface area contributed by atoms with Crippen molar-refractivity contribution in [2.75, 3.05) is 18.5 Å². The minimum absolute atomic E-state index is 0.0622. The third kappa shape index (κ3) is 4.32. The van der Waals surface area contributed by atoms with Crippen LogP contribution in [0.5, 0.6) is 5.75 Å². The first kappa shape index (κ1) is 21.8. The highest BCUT2D eigenvalue weighted by Gasteiger charge is 2.28. The molecule has 9 heteroatoms. The molecule has 32 heavy (non-hydrogen) atoms. The van der Waals surface area contributed by atoms with Gasteiger partial charge >= 0.3 is 0 Å². The Labute approximate surface area is 186 Å². The van der Waals surface area contributed by atoms with Crippen molar-refractivity contribution in [2.24, 2.45) is 0 Å². The van der Waals surface area contributed by atoms with Gasteiger partial charge in [-0.25, -0.2) is 0 Å². The van der Waals surface area contributed by atoms with Gasteiger partial charge in [-0.3, -0.25) is 14.9 Å². The Kier molecular flexibility index (Phi) is 6.42. The summed E-state index contributed by atoms with van der Waals surface area (Å²) in [6.45, 7) is 2.60. The average Bonchev–Trinajstić information content (AvgIpc) is 3.39. The Bertz CT molecular complexity index is 1080. The van der Waals surface area contributed by atoms with E-state index in [1.807, 2.05) is 4.57 Å². The molecule has 2 aromatic rings. The van der Waals surface area contributed by atoms with Crippen molar-refractivity contribution in [3.63, 3.8) is 0 Å². The SMILES string of the molecule is Cc1c(OCC(=O)Nc2c(C#N)c3c(n2CC2CCCO2)CCCC3)cccc1[N+](=O)[O-]. The molecule has 0 saturated carbocycles. The van der Waals surface area contributed by atoms with Gasteiger partial charge in [-0.1, -0.05) is 6.07 Å². The maximum absolute atomic E-state index is 12.8. The number of nitro benzene ring substituents is 1. The first-order valence-corrected chi connectivity index (χ1v) is 10.9. The van der Waals surface area contributed by atoms with E-state index < -0.39 is 10.8 Å². The summed E-state index contributed by atoms with van der Waals surface area (Å²) in [6, 6.07) is 6.79. The lowest BCUT2D eigenvalue weighted by atomic mass is 9.95. The van der Waals surface area contributed by atoms with Crippen molar-refractivity contribution in [1.29, 1.82) is 5.26 Å². The van der Waals surface area contributed by atoms with E-state index >= 15 is 0 Å². The zero-order valence-corrected chi connectivity index (χ0v) is 18.1. The second-order valence-corrected chi connectivity index (χ2v) is 8.21. The molecule has 1 fully saturated rings. The summed E-state index contributed by atoms with van der Waals surface area (Å²) >= 11 is 0. The van der Waals surface area contributed by atoms with Crippen LogP contribution in [-0.2, 0) is 28.9 Å². The van der Waals surface area contributed by atoms with Crippen LogP contribution in [0.3, 0.4) is 0 Å². The van der Waals surface area contributed by atoms with Crippen LogP contribution in [0.2, 0.25) is 0 Å². The molecule has 1 aliphatic heterocycles. The number of rotatable bonds is 7. The monoisotopic (exact) mass is 438 g/mol. The fourth-order valence-corrected chi connectivity index (χ4v) is 4.58. The summed E-state index contributed by atoms with van der Waals surface area (Å²) in [7, 11) is 0. The molecule has 1 amide bonds. The fourth-order valence-electron chi connectivity index (χ4n) is 4.58. The molecule has 0 radical (unpaired) electrons. The summed E-state index contributed by atoms with van der Waals surface area (Å²) in [5.74, 6) is 0.360. The number of nitro groups is 1. The second kappa shape index (κ2) is 9.40. The van der Waals surface area contributed by atoms with Crippen molar-refractivity contribution in [3.8, 4) is 11.8 Å². The average molecular weight is 438 g/mol. The number of benzene rings is 1. The van der Waals surface area contributed by atoms with E-state index in [2.05, 4.69) is 11.4 Å². The topological polar surface area (TPSA) is 119 Å². The molecular weight excluding hydrogens is 412 g/mol. The Morgan fingerprint density at radius 2 is 2.19 bits per heavy atom. The van der Waals surface area contributed by atoms with Gasteiger partial charge in [-0.15, -0.1) is 0 Å². The largest absolute Gasteiger partial charge is 0.483 e. The van der Waals surface area contributed by atoms with Gasteiger partial charge in [0.1, 0.15) is 17.6 Å². The van der Waals surface area contributed by atoms with Crippen LogP contribution in [0.4, 0.5) is 11.5 Å². The number of fused-ring (bicyclic) bond motifs is 1. The normalized spacial score (nSPS) is 17.4. The smallest absolute Gasteiger partial charge is 0.276 e. The number of nitriles is 1. The number of hydrogen-bond donors (Lipinski definition) is 1. The second-order valence-electron chi connectivity index (χ2n) is 8.21. The lowest BCUT2D eigenvalue weighted by Crippen LogP contribution is -2.25. The number of carbonyl (C=O) groups excluding carboxylic acids is 1. The molecule has 1 aromatic carbocycles. The lowest BCUT2D eigenvalue weighted by Gasteiger charge is -2.20. The molecule has 1 aliphatic carbocycles. The number of nitrogens with one attached hydrogen (secondary N) is 1. The van der Waals surface area contributed by atoms with Crippen molar-refractivity contribution >= 4 is 17.4 Å². The lowest BCUT2D eigenvalue weighted by molar-refractivity contribution is -0.385. The number of anilines is 1. The van der Waals surface area contributed by atoms with Gasteiger partial charge in [0.2, 0.25) is 0 Å². The van der Waals surface area contributed by atoms with Gasteiger partial charge in [0.15, 0.2) is 6.61 Å². The van der Waals surface area contributed by atoms with Crippen LogP contribution in [0.1, 0.15) is 48.1 Å². The summed E-state index contributed by atoms with van der Waals surface area (Å²) in [5.41, 5.74) is 2.93. The Morgan fingerprint density at radius 3 is 2.91 bits per heavy atom. The van der Waals surface area contributed by atoms with Crippen LogP contribution >= 0.6 is 0 Å². The van der Waals surface area contributed by atoms with E-state index in [1.165, 1.54) is 12.1 Å². The van der Waals surface area contributed by atoms with E-state index in [1.54, 1.807) is 13.0 Å². The molecule has 2 aliphatic rings. The zero-order valence-electron chi connectivity index (χ0n) is 18.1. The van der Waals surface area contributed by atoms with Crippen molar-refractivity contribution < 1.29 is 19.2 Å². The molecule has 0 spiro atoms. The first-order chi connectivity index (χ1) is 15.5. The van der Waals surface area contributed by atoms with Crippen LogP contribution in [0, 0.1) is 28.4 Å². The molecule has 1 N–H and O–H groups in total. The summed E-state index contributed by atoms with van der Waals surface area (Å²) in [5, 5.41) is 23.8. The molecule has 1 atom stereocenters. The van der Waals surface area contributed by atoms with Gasteiger partial charge in [-0.2, -0.15) is 5.26 Å². The number of hydrogen-bond acceptors (Lipinski definition) is 6. The van der Waals surface area contributed by atoms with Crippen LogP contribution in [0.15, 0.2) is 18.2 Å². The third-order valence-corrected chi connectivity index (χ3v) is 6.16. The van der Waals surface area contributed by atoms with Gasteiger partial charge in [0, 0.05) is 18.4 Å². The highest BCUT2D eigenvalue weighted by atomic mass is 16.6. The number of ether oxygens (including phenoxy) is 2. The molecule has 1 saturated heterocycles. The summed E-state index contributed by atoms with van der Waals surface area (Å²) in [4.78, 5) is 23.4. The molecule has 1 aromatic heterocycles. The molecule has 168 valence electrons. The Morgan fingerprint density at radius 1 is 1.38 bits per heavy atom. The fraction of sp³-hybridized carbons (Fsp3) is 0.478. The number of nitrogens with zero attached hydrogens (tertiary/aromatic N) is 3. The molecule has 2 heterocycles. The molecule has 0 bridgehead atoms. The maximum atomic E-state index is 12.8. The number of aromatic nitrogens is 1. The molecule has 1 unspecified atom stereocenters. The van der Waals surface area contributed by atoms with E-state index in [9.17, 15) is 20.2 Å². The predicted molar refractivity (Wildman–Crippen MR) is 117 cm³/mol. The number of carbonyl (C=O) groups is 1. The highest BCUT2D eigenvalue weighted by molar-refractivity contribution is 5.93. The van der Waals surface area contributed by atoms with Gasteiger partial charge in [0.05, 0.1) is 28.7 Å². The van der Waals surface area contributed by atoms with Crippen LogP contribution in [0.25, 0.3) is 0 Å². The van der Waals surface area contributed by atoms with Crippen molar-refractivity contribution in [2.45, 2.75) is 58.1 Å². The van der Waals surface area contributed by atoms with E-state index in [-0.39, 0.29) is 24.1 Å². The van der Waals surface area contributed by atoms with E-state index in [4.69, 9.17) is 9.47 Å². The van der Waals surface area contributed by atoms with Crippen molar-refractivity contribution in [1.82, 2.24) is 4.57 Å². The number of amides is 1. The minimum atomic E-state index is -0.482. The summed E-state index contributed by atoms with van der Waals surface area (Å²) in [6.07, 6.45) is 5.80. The van der Waals surface area contributed by atoms with Gasteiger partial charge < -0.3 is 19.4 Å². The predicted octanol–water partition coefficient (Wildman–Crippen LogP) is 3.65. The first-order valence-electron chi connectivity index (χ1n) is 10.9. The zero-order chi connectivity index (χ0) is 22.7. The standard InChI is InChI=1S/C23H26N4O5/c1-15-19(27(29)30)9-4-10-21(15)32-14-22(28)25-23-18(12-24)17-7-2-3-8-20(17)26(23)13-16-6-5-11-31-16/h4,9-10,16H,2-3,5-8,11,13-14H2,1H3,(H,25,28). The van der Waals surface area contributed by atoms with Crippen molar-refractivity contribution in [3.05, 3.63) is 50.7 Å². The van der Waals surface area contributed by atoms with Gasteiger partial charge in [0.25, 0.3) is 11.6 Å². The van der Waals surface area contributed by atoms with E-state index in [0.29, 0.717) is 23.5 Å². The van der Waals surface area contributed by atoms with Crippen LogP contribution < -0.4 is 10.1 Å². The Hall–Kier alpha value is -3.38. The minimum Gasteiger partial charge on any atom is -0.483 e. The highest BCUT2D eigenvalue weighted by Crippen LogP contribution is 2.34. The summed E-state index contributed by atoms with van der Waals surface area (Å²) < 4.78 is 13.4. The maximum Gasteiger partial charge on any atom is 0.276 e. The third-order valence-electron chi connectivity index (χ3n) is 6.16.